The van der Waals surface area contributed by atoms with Crippen LogP contribution in [0.1, 0.15) is 66.6 Å². The van der Waals surface area contributed by atoms with Gasteiger partial charge in [0.05, 0.1) is 30.2 Å². The molecule has 220 valence electrons. The fraction of sp³-hybridized carbons (Fsp3) is 0.321. The molecule has 1 aliphatic heterocycles. The zero-order chi connectivity index (χ0) is 30.5. The Labute approximate surface area is 237 Å². The lowest BCUT2D eigenvalue weighted by Gasteiger charge is -2.09. The van der Waals surface area contributed by atoms with E-state index in [1.54, 1.807) is 73.8 Å². The minimum atomic E-state index is -0.350. The van der Waals surface area contributed by atoms with Gasteiger partial charge in [-0.1, -0.05) is 12.1 Å². The van der Waals surface area contributed by atoms with Crippen LogP contribution in [0.25, 0.3) is 0 Å². The van der Waals surface area contributed by atoms with Crippen LogP contribution >= 0.6 is 0 Å². The molecule has 0 radical (unpaired) electrons. The summed E-state index contributed by atoms with van der Waals surface area (Å²) in [5.74, 6) is 1.18. The van der Waals surface area contributed by atoms with Crippen molar-refractivity contribution in [3.05, 3.63) is 81.7 Å². The fourth-order valence-electron chi connectivity index (χ4n) is 3.47. The molecular weight excluding hydrogens is 534 g/mol. The van der Waals surface area contributed by atoms with Crippen LogP contribution in [0.2, 0.25) is 0 Å². The van der Waals surface area contributed by atoms with Gasteiger partial charge in [0.2, 0.25) is 0 Å². The summed E-state index contributed by atoms with van der Waals surface area (Å²) in [5, 5.41) is 37.8. The van der Waals surface area contributed by atoms with Crippen LogP contribution in [0.4, 0.5) is 0 Å². The summed E-state index contributed by atoms with van der Waals surface area (Å²) in [6.07, 6.45) is 3.74. The predicted molar refractivity (Wildman–Crippen MR) is 151 cm³/mol. The smallest absolute Gasteiger partial charge is 0.262 e. The minimum absolute atomic E-state index is 0.0736. The number of carbonyl (C=O) groups excluding carboxylic acids is 3. The second-order valence-electron chi connectivity index (χ2n) is 8.80. The van der Waals surface area contributed by atoms with Gasteiger partial charge >= 0.3 is 0 Å². The average molecular weight is 570 g/mol. The van der Waals surface area contributed by atoms with E-state index in [4.69, 9.17) is 19.0 Å². The molecule has 3 aromatic rings. The quantitative estimate of drug-likeness (QED) is 0.150. The van der Waals surface area contributed by atoms with E-state index in [9.17, 15) is 19.5 Å². The maximum absolute atomic E-state index is 12.3. The first-order valence-electron chi connectivity index (χ1n) is 12.5. The lowest BCUT2D eigenvalue weighted by atomic mass is 9.98. The first kappa shape index (κ1) is 32.6. The van der Waals surface area contributed by atoms with Crippen LogP contribution in [-0.2, 0) is 19.8 Å². The Morgan fingerprint density at radius 3 is 1.76 bits per heavy atom. The third-order valence-corrected chi connectivity index (χ3v) is 5.36. The molecule has 13 nitrogen and oxygen atoms in total. The minimum Gasteiger partial charge on any atom is -0.458 e. The third-order valence-electron chi connectivity index (χ3n) is 5.36. The van der Waals surface area contributed by atoms with E-state index in [2.05, 4.69) is 10.2 Å². The number of furan rings is 2. The number of fused-ring (bicyclic) bond motifs is 1. The molecule has 0 fully saturated rings. The van der Waals surface area contributed by atoms with Gasteiger partial charge in [-0.2, -0.15) is 10.2 Å². The van der Waals surface area contributed by atoms with Crippen LogP contribution < -0.4 is 0 Å². The summed E-state index contributed by atoms with van der Waals surface area (Å²) in [6.45, 7) is 1.54. The van der Waals surface area contributed by atoms with E-state index in [-0.39, 0.29) is 37.4 Å². The Kier molecular flexibility index (Phi) is 12.6. The van der Waals surface area contributed by atoms with Gasteiger partial charge in [0.1, 0.15) is 30.5 Å². The first-order chi connectivity index (χ1) is 19.6. The number of imide groups is 1. The number of aliphatic hydroxyl groups excluding tert-OH is 3. The van der Waals surface area contributed by atoms with E-state index in [0.717, 1.165) is 0 Å². The van der Waals surface area contributed by atoms with Crippen LogP contribution in [0.5, 0.6) is 0 Å². The van der Waals surface area contributed by atoms with Crippen LogP contribution in [0.3, 0.4) is 0 Å². The molecule has 41 heavy (non-hydrogen) atoms. The van der Waals surface area contributed by atoms with Gasteiger partial charge in [-0.05, 0) is 36.8 Å². The van der Waals surface area contributed by atoms with E-state index < -0.39 is 0 Å². The molecular formula is C28H35N5O8. The highest BCUT2D eigenvalue weighted by Crippen LogP contribution is 2.28. The molecule has 0 unspecified atom stereocenters. The fourth-order valence-corrected chi connectivity index (χ4v) is 3.47. The summed E-state index contributed by atoms with van der Waals surface area (Å²) < 4.78 is 9.92. The monoisotopic (exact) mass is 569 g/mol. The first-order valence-corrected chi connectivity index (χ1v) is 12.5. The summed E-state index contributed by atoms with van der Waals surface area (Å²) in [7, 11) is 7.19. The SMILES string of the molecule is CCN1C(=O)c2c(/C=N/N(C)C)ccc(CO)c2C1=O.CN(C)/N=C/c1ccc(CO)o1.O=Cc1ccc(CO)o1. The van der Waals surface area contributed by atoms with Crippen molar-refractivity contribution in [2.45, 2.75) is 26.7 Å². The summed E-state index contributed by atoms with van der Waals surface area (Å²) in [6, 6.07) is 9.90. The zero-order valence-electron chi connectivity index (χ0n) is 23.6. The maximum atomic E-state index is 12.3. The highest BCUT2D eigenvalue weighted by molar-refractivity contribution is 6.24. The normalized spacial score (nSPS) is 12.2. The van der Waals surface area contributed by atoms with Gasteiger partial charge in [0.15, 0.2) is 12.0 Å². The van der Waals surface area contributed by atoms with Gasteiger partial charge in [-0.3, -0.25) is 19.3 Å². The second-order valence-corrected chi connectivity index (χ2v) is 8.80. The van der Waals surface area contributed by atoms with Crippen molar-refractivity contribution in [1.29, 1.82) is 0 Å². The Bertz CT molecular complexity index is 1370. The van der Waals surface area contributed by atoms with Crippen molar-refractivity contribution < 1.29 is 38.5 Å². The largest absolute Gasteiger partial charge is 0.458 e. The lowest BCUT2D eigenvalue weighted by Crippen LogP contribution is -2.29. The molecule has 0 spiro atoms. The van der Waals surface area contributed by atoms with E-state index >= 15 is 0 Å². The van der Waals surface area contributed by atoms with Crippen molar-refractivity contribution in [2.24, 2.45) is 10.2 Å². The van der Waals surface area contributed by atoms with Gasteiger partial charge < -0.3 is 34.2 Å². The molecule has 0 atom stereocenters. The van der Waals surface area contributed by atoms with Crippen molar-refractivity contribution >= 4 is 30.5 Å². The van der Waals surface area contributed by atoms with Crippen molar-refractivity contribution in [3.63, 3.8) is 0 Å². The van der Waals surface area contributed by atoms with E-state index in [1.807, 2.05) is 14.1 Å². The Morgan fingerprint density at radius 2 is 1.29 bits per heavy atom. The number of aldehydes is 1. The molecule has 2 aromatic heterocycles. The third kappa shape index (κ3) is 8.96. The summed E-state index contributed by atoms with van der Waals surface area (Å²) in [4.78, 5) is 35.7. The van der Waals surface area contributed by atoms with Gasteiger partial charge in [-0.25, -0.2) is 0 Å². The highest BCUT2D eigenvalue weighted by Gasteiger charge is 2.38. The maximum Gasteiger partial charge on any atom is 0.262 e. The Morgan fingerprint density at radius 1 is 0.756 bits per heavy atom. The van der Waals surface area contributed by atoms with Crippen LogP contribution in [0.15, 0.2) is 55.4 Å². The summed E-state index contributed by atoms with van der Waals surface area (Å²) in [5.41, 5.74) is 1.67. The number of hydrogen-bond acceptors (Lipinski definition) is 12. The number of amides is 2. The molecule has 4 rings (SSSR count). The number of carbonyl (C=O) groups is 3. The van der Waals surface area contributed by atoms with E-state index in [0.29, 0.717) is 52.4 Å². The molecule has 0 aliphatic carbocycles. The standard InChI is InChI=1S/C14H17N3O3.C8H12N2O2.C6H6O3/c1-4-17-13(19)11-9(7-15-16(2)3)5-6-10(8-18)12(11)14(17)20;1-10(2)9-5-7-3-4-8(6-11)12-7;7-3-5-1-2-6(4-8)9-5/h5-7,18H,4,8H2,1-3H3;3-5,11H,6H2,1-2H3;1-3,8H,4H2/b15-7+;9-5+;. The molecule has 0 saturated carbocycles. The number of rotatable bonds is 9. The van der Waals surface area contributed by atoms with Gasteiger partial charge in [0, 0.05) is 40.3 Å². The Balaban J connectivity index is 0.000000237. The molecule has 13 heteroatoms. The van der Waals surface area contributed by atoms with Crippen molar-refractivity contribution in [2.75, 3.05) is 34.7 Å². The molecule has 3 heterocycles. The topological polar surface area (TPSA) is 173 Å². The highest BCUT2D eigenvalue weighted by atomic mass is 16.4. The van der Waals surface area contributed by atoms with Crippen molar-refractivity contribution in [1.82, 2.24) is 14.9 Å². The lowest BCUT2D eigenvalue weighted by molar-refractivity contribution is 0.0661. The molecule has 1 aliphatic rings. The van der Waals surface area contributed by atoms with Crippen LogP contribution in [-0.4, -0.2) is 95.5 Å². The number of nitrogens with zero attached hydrogens (tertiary/aromatic N) is 5. The second kappa shape index (κ2) is 15.9. The van der Waals surface area contributed by atoms with E-state index in [1.165, 1.54) is 11.0 Å². The number of benzene rings is 1. The predicted octanol–water partition coefficient (Wildman–Crippen LogP) is 1.94. The average Bonchev–Trinajstić information content (AvgIpc) is 3.69. The summed E-state index contributed by atoms with van der Waals surface area (Å²) >= 11 is 0. The van der Waals surface area contributed by atoms with Crippen molar-refractivity contribution in [3.8, 4) is 0 Å². The molecule has 3 N–H and O–H groups in total. The number of hydrazone groups is 2. The molecule has 0 saturated heterocycles. The molecule has 0 bridgehead atoms. The van der Waals surface area contributed by atoms with Gasteiger partial charge in [-0.15, -0.1) is 0 Å². The number of hydrogen-bond donors (Lipinski definition) is 3. The zero-order valence-corrected chi connectivity index (χ0v) is 23.6. The van der Waals surface area contributed by atoms with Gasteiger partial charge in [0.25, 0.3) is 11.8 Å². The molecule has 1 aromatic carbocycles. The molecule has 2 amide bonds. The van der Waals surface area contributed by atoms with Crippen LogP contribution in [0, 0.1) is 0 Å². The number of aliphatic hydroxyl groups is 3. The Hall–Kier alpha value is -4.59.